The lowest BCUT2D eigenvalue weighted by Crippen LogP contribution is -2.36. The van der Waals surface area contributed by atoms with Crippen molar-refractivity contribution in [2.45, 2.75) is 45.0 Å². The number of halogens is 5. The van der Waals surface area contributed by atoms with E-state index in [4.69, 9.17) is 14.9 Å². The van der Waals surface area contributed by atoms with Crippen molar-refractivity contribution < 1.29 is 35.9 Å². The third kappa shape index (κ3) is 4.17. The second kappa shape index (κ2) is 8.56. The van der Waals surface area contributed by atoms with Crippen molar-refractivity contribution in [3.63, 3.8) is 0 Å². The third-order valence-corrected chi connectivity index (χ3v) is 6.64. The number of primary amides is 1. The number of furan rings is 1. The van der Waals surface area contributed by atoms with E-state index in [1.165, 1.54) is 30.4 Å². The summed E-state index contributed by atoms with van der Waals surface area (Å²) in [4.78, 5) is 17.4. The maximum absolute atomic E-state index is 15.1. The van der Waals surface area contributed by atoms with E-state index in [0.717, 1.165) is 4.88 Å². The first-order valence-corrected chi connectivity index (χ1v) is 10.8. The van der Waals surface area contributed by atoms with Crippen molar-refractivity contribution in [2.75, 3.05) is 13.1 Å². The highest BCUT2D eigenvalue weighted by molar-refractivity contribution is 7.09. The molecule has 0 saturated carbocycles. The molecule has 12 heteroatoms. The van der Waals surface area contributed by atoms with Crippen LogP contribution in [-0.2, 0) is 6.61 Å². The van der Waals surface area contributed by atoms with Crippen LogP contribution < -0.4 is 10.5 Å². The number of aromatic nitrogens is 1. The number of nitrogens with zero attached hydrogens (tertiary/aromatic N) is 2. The zero-order valence-corrected chi connectivity index (χ0v) is 18.4. The molecule has 4 rings (SSSR count). The number of hydrogen-bond donors (Lipinski definition) is 1. The summed E-state index contributed by atoms with van der Waals surface area (Å²) in [5, 5.41) is 0.0116. The number of aryl methyl sites for hydroxylation is 2. The average Bonchev–Trinajstić information content (AvgIpc) is 3.39. The first-order chi connectivity index (χ1) is 15.5. The van der Waals surface area contributed by atoms with Crippen LogP contribution in [0.3, 0.4) is 0 Å². The topological polar surface area (TPSA) is 81.6 Å². The molecule has 1 aliphatic heterocycles. The normalized spacial score (nSPS) is 19.5. The molecular formula is C21H20F5N3O3S. The minimum absolute atomic E-state index is 0.00224. The van der Waals surface area contributed by atoms with Crippen molar-refractivity contribution in [3.05, 3.63) is 45.1 Å². The highest BCUT2D eigenvalue weighted by atomic mass is 32.1. The average molecular weight is 489 g/mol. The molecule has 2 aromatic heterocycles. The highest BCUT2D eigenvalue weighted by Gasteiger charge is 2.53. The van der Waals surface area contributed by atoms with Gasteiger partial charge >= 0.3 is 0 Å². The van der Waals surface area contributed by atoms with Gasteiger partial charge in [-0.1, -0.05) is 0 Å². The maximum atomic E-state index is 15.1. The largest absolute Gasteiger partial charge is 0.488 e. The van der Waals surface area contributed by atoms with Crippen LogP contribution in [0.4, 0.5) is 22.0 Å². The van der Waals surface area contributed by atoms with Gasteiger partial charge in [0.1, 0.15) is 23.7 Å². The number of fused-ring (bicyclic) bond motifs is 1. The number of hydrogen-bond acceptors (Lipinski definition) is 6. The Bertz CT molecular complexity index is 1200. The summed E-state index contributed by atoms with van der Waals surface area (Å²) in [5.74, 6) is -6.13. The Labute approximate surface area is 189 Å². The number of amides is 1. The molecule has 2 atom stereocenters. The molecule has 178 valence electrons. The van der Waals surface area contributed by atoms with E-state index < -0.39 is 43.6 Å². The first-order valence-electron chi connectivity index (χ1n) is 9.93. The van der Waals surface area contributed by atoms with E-state index in [1.807, 2.05) is 0 Å². The molecule has 1 saturated heterocycles. The first kappa shape index (κ1) is 23.4. The number of likely N-dealkylation sites (tertiary alicyclic amines) is 1. The minimum Gasteiger partial charge on any atom is -0.488 e. The summed E-state index contributed by atoms with van der Waals surface area (Å²) in [6.07, 6.45) is -6.30. The van der Waals surface area contributed by atoms with E-state index in [-0.39, 0.29) is 40.2 Å². The lowest BCUT2D eigenvalue weighted by molar-refractivity contribution is -0.0603. The molecule has 0 aliphatic carbocycles. The van der Waals surface area contributed by atoms with E-state index >= 15 is 8.78 Å². The number of alkyl halides is 5. The van der Waals surface area contributed by atoms with Gasteiger partial charge in [0.25, 0.3) is 18.3 Å². The summed E-state index contributed by atoms with van der Waals surface area (Å²) in [6, 6.07) is 2.86. The molecule has 2 N–H and O–H groups in total. The number of ether oxygens (including phenoxy) is 1. The molecule has 3 heterocycles. The summed E-state index contributed by atoms with van der Waals surface area (Å²) < 4.78 is 81.5. The molecular weight excluding hydrogens is 469 g/mol. The van der Waals surface area contributed by atoms with Gasteiger partial charge in [0, 0.05) is 17.5 Å². The van der Waals surface area contributed by atoms with Gasteiger partial charge in [-0.2, -0.15) is 0 Å². The van der Waals surface area contributed by atoms with Gasteiger partial charge in [-0.3, -0.25) is 9.69 Å². The second-order valence-corrected chi connectivity index (χ2v) is 8.79. The van der Waals surface area contributed by atoms with Crippen molar-refractivity contribution in [1.29, 1.82) is 0 Å². The molecule has 0 spiro atoms. The Hall–Kier alpha value is -2.73. The van der Waals surface area contributed by atoms with E-state index in [9.17, 15) is 18.0 Å². The van der Waals surface area contributed by atoms with Crippen LogP contribution in [0.25, 0.3) is 11.0 Å². The van der Waals surface area contributed by atoms with Crippen LogP contribution in [0.15, 0.2) is 22.1 Å². The molecule has 2 unspecified atom stereocenters. The molecule has 6 nitrogen and oxygen atoms in total. The number of thiazole rings is 1. The zero-order valence-electron chi connectivity index (χ0n) is 17.6. The Kier molecular flexibility index (Phi) is 6.08. The van der Waals surface area contributed by atoms with Crippen LogP contribution in [0, 0.1) is 13.8 Å². The number of carbonyl (C=O) groups excluding carboxylic acids is 1. The molecule has 1 fully saturated rings. The van der Waals surface area contributed by atoms with E-state index in [1.54, 1.807) is 12.4 Å². The van der Waals surface area contributed by atoms with Gasteiger partial charge in [-0.05, 0) is 26.0 Å². The van der Waals surface area contributed by atoms with Gasteiger partial charge in [-0.15, -0.1) is 11.3 Å². The lowest BCUT2D eigenvalue weighted by atomic mass is 9.89. The minimum atomic E-state index is -3.59. The molecule has 1 aromatic carbocycles. The van der Waals surface area contributed by atoms with Gasteiger partial charge in [0.2, 0.25) is 6.30 Å². The summed E-state index contributed by atoms with van der Waals surface area (Å²) in [5.41, 5.74) is 7.67. The number of benzene rings is 1. The number of rotatable bonds is 7. The lowest BCUT2D eigenvalue weighted by Gasteiger charge is -2.22. The third-order valence-electron chi connectivity index (χ3n) is 5.73. The smallest absolute Gasteiger partial charge is 0.282 e. The van der Waals surface area contributed by atoms with Crippen LogP contribution in [0.2, 0.25) is 0 Å². The van der Waals surface area contributed by atoms with Gasteiger partial charge in [0.05, 0.1) is 34.1 Å². The fourth-order valence-electron chi connectivity index (χ4n) is 4.16. The molecule has 1 amide bonds. The van der Waals surface area contributed by atoms with Crippen molar-refractivity contribution >= 4 is 28.2 Å². The van der Waals surface area contributed by atoms with Crippen LogP contribution in [0.1, 0.15) is 38.2 Å². The maximum Gasteiger partial charge on any atom is 0.282 e. The van der Waals surface area contributed by atoms with Gasteiger partial charge in [0.15, 0.2) is 0 Å². The molecule has 3 aromatic rings. The monoisotopic (exact) mass is 489 g/mol. The molecule has 0 bridgehead atoms. The quantitative estimate of drug-likeness (QED) is 0.382. The van der Waals surface area contributed by atoms with Gasteiger partial charge in [-0.25, -0.2) is 26.9 Å². The number of nitrogens with two attached hydrogens (primary N) is 1. The summed E-state index contributed by atoms with van der Waals surface area (Å²) in [6.45, 7) is 1.30. The Morgan fingerprint density at radius 1 is 1.36 bits per heavy atom. The van der Waals surface area contributed by atoms with Crippen LogP contribution >= 0.6 is 11.3 Å². The van der Waals surface area contributed by atoms with E-state index in [0.29, 0.717) is 10.6 Å². The zero-order chi connectivity index (χ0) is 24.1. The van der Waals surface area contributed by atoms with Crippen molar-refractivity contribution in [1.82, 2.24) is 9.88 Å². The van der Waals surface area contributed by atoms with Crippen LogP contribution in [0.5, 0.6) is 5.75 Å². The van der Waals surface area contributed by atoms with Crippen LogP contribution in [-0.4, -0.2) is 47.5 Å². The van der Waals surface area contributed by atoms with E-state index in [2.05, 4.69) is 4.98 Å². The molecule has 0 radical (unpaired) electrons. The van der Waals surface area contributed by atoms with Crippen molar-refractivity contribution in [3.8, 4) is 5.75 Å². The molecule has 1 aliphatic rings. The standard InChI is InChI=1S/C21H20F5N3O3S/c1-9-14(33-8-28-9)6-31-12-3-4-13-17(15(20(27)30)10(2)32-13)16(12)11-5-29(7-21(11,25)26)19(24)18(22)23/h3-4,8,11,18-19H,5-7H2,1-2H3,(H2,27,30). The Balaban J connectivity index is 1.86. The summed E-state index contributed by atoms with van der Waals surface area (Å²) >= 11 is 1.31. The fraction of sp³-hybridized carbons (Fsp3) is 0.429. The van der Waals surface area contributed by atoms with Gasteiger partial charge < -0.3 is 14.9 Å². The highest BCUT2D eigenvalue weighted by Crippen LogP contribution is 2.49. The van der Waals surface area contributed by atoms with Crippen molar-refractivity contribution in [2.24, 2.45) is 5.73 Å². The Morgan fingerprint density at radius 2 is 2.09 bits per heavy atom. The predicted molar refractivity (Wildman–Crippen MR) is 111 cm³/mol. The number of carbonyl (C=O) groups is 1. The second-order valence-electron chi connectivity index (χ2n) is 7.85. The SMILES string of the molecule is Cc1ncsc1COc1ccc2oc(C)c(C(N)=O)c2c1C1CN(C(F)C(F)F)CC1(F)F. The Morgan fingerprint density at radius 3 is 2.70 bits per heavy atom. The molecule has 33 heavy (non-hydrogen) atoms. The fourth-order valence-corrected chi connectivity index (χ4v) is 4.84. The summed E-state index contributed by atoms with van der Waals surface area (Å²) in [7, 11) is 0. The predicted octanol–water partition coefficient (Wildman–Crippen LogP) is 4.78.